The molecule has 0 aromatic heterocycles. The van der Waals surface area contributed by atoms with E-state index >= 15 is 0 Å². The smallest absolute Gasteiger partial charge is 0.0257 e. The van der Waals surface area contributed by atoms with Crippen LogP contribution in [0.3, 0.4) is 0 Å². The third kappa shape index (κ3) is 4.09. The van der Waals surface area contributed by atoms with Gasteiger partial charge < -0.3 is 15.1 Å². The maximum absolute atomic E-state index is 3.50. The average molecular weight is 213 g/mol. The van der Waals surface area contributed by atoms with Crippen molar-refractivity contribution in [2.45, 2.75) is 25.8 Å². The van der Waals surface area contributed by atoms with Crippen molar-refractivity contribution in [3.8, 4) is 0 Å². The molecule has 1 aliphatic rings. The first-order valence-electron chi connectivity index (χ1n) is 6.20. The molecule has 0 radical (unpaired) electrons. The van der Waals surface area contributed by atoms with Gasteiger partial charge in [-0.2, -0.15) is 0 Å². The summed E-state index contributed by atoms with van der Waals surface area (Å²) in [4.78, 5) is 4.80. The second-order valence-electron chi connectivity index (χ2n) is 5.03. The van der Waals surface area contributed by atoms with Crippen LogP contribution >= 0.6 is 0 Å². The normalized spacial score (nSPS) is 26.8. The van der Waals surface area contributed by atoms with E-state index in [4.69, 9.17) is 0 Å². The van der Waals surface area contributed by atoms with E-state index in [1.165, 1.54) is 39.0 Å². The molecular formula is C12H27N3. The molecule has 0 amide bonds. The Morgan fingerprint density at radius 3 is 2.47 bits per heavy atom. The van der Waals surface area contributed by atoms with Crippen LogP contribution in [0, 0.1) is 5.92 Å². The highest BCUT2D eigenvalue weighted by atomic mass is 15.2. The fourth-order valence-electron chi connectivity index (χ4n) is 2.45. The third-order valence-electron chi connectivity index (χ3n) is 3.51. The summed E-state index contributed by atoms with van der Waals surface area (Å²) in [5, 5.41) is 3.50. The molecule has 0 spiro atoms. The summed E-state index contributed by atoms with van der Waals surface area (Å²) in [6, 6.07) is 0.761. The van der Waals surface area contributed by atoms with Crippen molar-refractivity contribution in [1.82, 2.24) is 15.1 Å². The van der Waals surface area contributed by atoms with Crippen LogP contribution in [0.5, 0.6) is 0 Å². The van der Waals surface area contributed by atoms with Crippen molar-refractivity contribution in [2.75, 3.05) is 47.3 Å². The lowest BCUT2D eigenvalue weighted by Crippen LogP contribution is -2.39. The van der Waals surface area contributed by atoms with Crippen LogP contribution in [-0.4, -0.2) is 63.2 Å². The fraction of sp³-hybridized carbons (Fsp3) is 1.00. The molecule has 1 rings (SSSR count). The van der Waals surface area contributed by atoms with Crippen molar-refractivity contribution < 1.29 is 0 Å². The topological polar surface area (TPSA) is 18.5 Å². The van der Waals surface area contributed by atoms with Gasteiger partial charge in [0.25, 0.3) is 0 Å². The van der Waals surface area contributed by atoms with E-state index in [0.717, 1.165) is 12.0 Å². The second-order valence-corrected chi connectivity index (χ2v) is 5.03. The highest BCUT2D eigenvalue weighted by Crippen LogP contribution is 2.17. The molecule has 3 nitrogen and oxygen atoms in total. The van der Waals surface area contributed by atoms with Crippen molar-refractivity contribution in [3.05, 3.63) is 0 Å². The van der Waals surface area contributed by atoms with Gasteiger partial charge in [-0.3, -0.25) is 0 Å². The van der Waals surface area contributed by atoms with E-state index in [2.05, 4.69) is 43.2 Å². The number of nitrogens with zero attached hydrogens (tertiary/aromatic N) is 2. The SMILES string of the molecule is CCC1CNCC1N(C)CCCN(C)C. The Kier molecular flexibility index (Phi) is 5.58. The molecule has 1 saturated heterocycles. The van der Waals surface area contributed by atoms with Crippen LogP contribution in [0.25, 0.3) is 0 Å². The van der Waals surface area contributed by atoms with Crippen molar-refractivity contribution in [2.24, 2.45) is 5.92 Å². The monoisotopic (exact) mass is 213 g/mol. The molecule has 2 atom stereocenters. The molecule has 0 saturated carbocycles. The minimum atomic E-state index is 0.761. The predicted octanol–water partition coefficient (Wildman–Crippen LogP) is 0.868. The minimum Gasteiger partial charge on any atom is -0.315 e. The number of rotatable bonds is 6. The van der Waals surface area contributed by atoms with Gasteiger partial charge in [0.1, 0.15) is 0 Å². The van der Waals surface area contributed by atoms with Gasteiger partial charge in [0, 0.05) is 12.6 Å². The van der Waals surface area contributed by atoms with Gasteiger partial charge in [-0.25, -0.2) is 0 Å². The van der Waals surface area contributed by atoms with Gasteiger partial charge in [-0.15, -0.1) is 0 Å². The Balaban J connectivity index is 2.23. The molecular weight excluding hydrogens is 186 g/mol. The second kappa shape index (κ2) is 6.46. The van der Waals surface area contributed by atoms with E-state index < -0.39 is 0 Å². The molecule has 1 N–H and O–H groups in total. The molecule has 0 aliphatic carbocycles. The lowest BCUT2D eigenvalue weighted by molar-refractivity contribution is 0.199. The molecule has 0 aromatic rings. The first-order valence-corrected chi connectivity index (χ1v) is 6.20. The molecule has 3 heteroatoms. The van der Waals surface area contributed by atoms with Crippen LogP contribution < -0.4 is 5.32 Å². The molecule has 1 fully saturated rings. The zero-order valence-electron chi connectivity index (χ0n) is 10.8. The van der Waals surface area contributed by atoms with E-state index in [-0.39, 0.29) is 0 Å². The Morgan fingerprint density at radius 2 is 1.87 bits per heavy atom. The van der Waals surface area contributed by atoms with Gasteiger partial charge in [0.05, 0.1) is 0 Å². The Hall–Kier alpha value is -0.120. The molecule has 0 aromatic carbocycles. The number of hydrogen-bond acceptors (Lipinski definition) is 3. The van der Waals surface area contributed by atoms with Crippen LogP contribution in [0.1, 0.15) is 19.8 Å². The van der Waals surface area contributed by atoms with Crippen LogP contribution in [0.4, 0.5) is 0 Å². The van der Waals surface area contributed by atoms with Crippen LogP contribution in [0.15, 0.2) is 0 Å². The standard InChI is InChI=1S/C12H27N3/c1-5-11-9-13-10-12(11)15(4)8-6-7-14(2)3/h11-13H,5-10H2,1-4H3. The minimum absolute atomic E-state index is 0.761. The summed E-state index contributed by atoms with van der Waals surface area (Å²) >= 11 is 0. The molecule has 1 aliphatic heterocycles. The summed E-state index contributed by atoms with van der Waals surface area (Å²) < 4.78 is 0. The van der Waals surface area contributed by atoms with Crippen LogP contribution in [-0.2, 0) is 0 Å². The van der Waals surface area contributed by atoms with E-state index in [1.54, 1.807) is 0 Å². The van der Waals surface area contributed by atoms with Gasteiger partial charge in [0.15, 0.2) is 0 Å². The number of likely N-dealkylation sites (N-methyl/N-ethyl adjacent to an activating group) is 1. The highest BCUT2D eigenvalue weighted by molar-refractivity contribution is 4.86. The van der Waals surface area contributed by atoms with Crippen molar-refractivity contribution >= 4 is 0 Å². The molecule has 90 valence electrons. The lowest BCUT2D eigenvalue weighted by atomic mass is 9.99. The summed E-state index contributed by atoms with van der Waals surface area (Å²) in [5.41, 5.74) is 0. The molecule has 2 unspecified atom stereocenters. The fourth-order valence-corrected chi connectivity index (χ4v) is 2.45. The van der Waals surface area contributed by atoms with Gasteiger partial charge in [-0.1, -0.05) is 13.3 Å². The van der Waals surface area contributed by atoms with Crippen LogP contribution in [0.2, 0.25) is 0 Å². The quantitative estimate of drug-likeness (QED) is 0.706. The molecule has 0 bridgehead atoms. The van der Waals surface area contributed by atoms with Crippen molar-refractivity contribution in [3.63, 3.8) is 0 Å². The summed E-state index contributed by atoms with van der Waals surface area (Å²) in [5.74, 6) is 0.856. The van der Waals surface area contributed by atoms with E-state index in [9.17, 15) is 0 Å². The van der Waals surface area contributed by atoms with E-state index in [0.29, 0.717) is 0 Å². The Bertz CT molecular complexity index is 170. The van der Waals surface area contributed by atoms with Crippen molar-refractivity contribution in [1.29, 1.82) is 0 Å². The molecule has 15 heavy (non-hydrogen) atoms. The first kappa shape index (κ1) is 12.9. The lowest BCUT2D eigenvalue weighted by Gasteiger charge is -2.28. The summed E-state index contributed by atoms with van der Waals surface area (Å²) in [7, 11) is 6.56. The van der Waals surface area contributed by atoms with Gasteiger partial charge in [0.2, 0.25) is 0 Å². The zero-order chi connectivity index (χ0) is 11.3. The summed E-state index contributed by atoms with van der Waals surface area (Å²) in [6.45, 7) is 7.11. The zero-order valence-corrected chi connectivity index (χ0v) is 10.8. The average Bonchev–Trinajstić information content (AvgIpc) is 2.64. The highest BCUT2D eigenvalue weighted by Gasteiger charge is 2.28. The maximum atomic E-state index is 3.50. The van der Waals surface area contributed by atoms with Gasteiger partial charge in [-0.05, 0) is 53.1 Å². The molecule has 1 heterocycles. The first-order chi connectivity index (χ1) is 7.15. The third-order valence-corrected chi connectivity index (χ3v) is 3.51. The Labute approximate surface area is 94.8 Å². The predicted molar refractivity (Wildman–Crippen MR) is 66.2 cm³/mol. The van der Waals surface area contributed by atoms with E-state index in [1.807, 2.05) is 0 Å². The number of nitrogens with one attached hydrogen (secondary N) is 1. The summed E-state index contributed by atoms with van der Waals surface area (Å²) in [6.07, 6.45) is 2.58. The number of hydrogen-bond donors (Lipinski definition) is 1. The largest absolute Gasteiger partial charge is 0.315 e. The maximum Gasteiger partial charge on any atom is 0.0257 e. The Morgan fingerprint density at radius 1 is 1.13 bits per heavy atom. The van der Waals surface area contributed by atoms with Gasteiger partial charge >= 0.3 is 0 Å².